The van der Waals surface area contributed by atoms with Crippen LogP contribution in [-0.4, -0.2) is 6.36 Å². The van der Waals surface area contributed by atoms with Crippen molar-refractivity contribution in [2.45, 2.75) is 6.36 Å². The lowest BCUT2D eigenvalue weighted by Crippen LogP contribution is -2.16. The van der Waals surface area contributed by atoms with E-state index in [-0.39, 0.29) is 5.75 Å². The second-order valence-electron chi connectivity index (χ2n) is 1.51. The Morgan fingerprint density at radius 2 is 2.10 bits per heavy atom. The van der Waals surface area contributed by atoms with E-state index in [0.717, 1.165) is 18.6 Å². The molecule has 0 unspecified atom stereocenters. The third kappa shape index (κ3) is 2.00. The van der Waals surface area contributed by atoms with Gasteiger partial charge in [-0.3, -0.25) is 0 Å². The van der Waals surface area contributed by atoms with Crippen LogP contribution in [0.2, 0.25) is 0 Å². The minimum absolute atomic E-state index is 0.340. The van der Waals surface area contributed by atoms with Crippen LogP contribution < -0.4 is 4.74 Å². The Labute approximate surface area is 54.2 Å². The number of furan rings is 1. The molecule has 1 rings (SSSR count). The maximum absolute atomic E-state index is 11.4. The molecule has 0 saturated carbocycles. The highest BCUT2D eigenvalue weighted by molar-refractivity contribution is 5.12. The smallest absolute Gasteiger partial charge is 0.469 e. The number of hydrogen-bond acceptors (Lipinski definition) is 2. The number of rotatable bonds is 1. The Kier molecular flexibility index (Phi) is 1.57. The van der Waals surface area contributed by atoms with Crippen molar-refractivity contribution >= 4 is 0 Å². The van der Waals surface area contributed by atoms with Gasteiger partial charge in [-0.1, -0.05) is 0 Å². The van der Waals surface area contributed by atoms with Crippen molar-refractivity contribution in [2.24, 2.45) is 0 Å². The van der Waals surface area contributed by atoms with E-state index in [2.05, 4.69) is 9.15 Å². The summed E-state index contributed by atoms with van der Waals surface area (Å²) in [4.78, 5) is 0. The van der Waals surface area contributed by atoms with Gasteiger partial charge < -0.3 is 9.15 Å². The fourth-order valence-electron chi connectivity index (χ4n) is 0.444. The molecule has 0 radical (unpaired) electrons. The summed E-state index contributed by atoms with van der Waals surface area (Å²) in [6.45, 7) is 0. The first-order chi connectivity index (χ1) is 4.58. The van der Waals surface area contributed by atoms with Gasteiger partial charge in [-0.05, 0) is 0 Å². The SMILES string of the molecule is FC(F)(F)Oc1ccoc1. The molecule has 0 amide bonds. The van der Waals surface area contributed by atoms with Crippen molar-refractivity contribution in [3.63, 3.8) is 0 Å². The number of alkyl halides is 3. The number of halogens is 3. The maximum atomic E-state index is 11.4. The lowest BCUT2D eigenvalue weighted by Gasteiger charge is -2.04. The number of hydrogen-bond donors (Lipinski definition) is 0. The molecule has 10 heavy (non-hydrogen) atoms. The fourth-order valence-corrected chi connectivity index (χ4v) is 0.444. The molecule has 2 nitrogen and oxygen atoms in total. The van der Waals surface area contributed by atoms with Crippen molar-refractivity contribution in [2.75, 3.05) is 0 Å². The van der Waals surface area contributed by atoms with Gasteiger partial charge in [0.25, 0.3) is 0 Å². The van der Waals surface area contributed by atoms with Crippen LogP contribution in [0.4, 0.5) is 13.2 Å². The molecular weight excluding hydrogens is 149 g/mol. The highest BCUT2D eigenvalue weighted by Crippen LogP contribution is 2.22. The fraction of sp³-hybridized carbons (Fsp3) is 0.200. The van der Waals surface area contributed by atoms with Crippen LogP contribution in [0, 0.1) is 0 Å². The van der Waals surface area contributed by atoms with Crippen molar-refractivity contribution in [3.05, 3.63) is 18.6 Å². The molecule has 56 valence electrons. The van der Waals surface area contributed by atoms with E-state index >= 15 is 0 Å². The average molecular weight is 152 g/mol. The first kappa shape index (κ1) is 6.98. The van der Waals surface area contributed by atoms with Crippen LogP contribution in [-0.2, 0) is 0 Å². The Balaban J connectivity index is 2.57. The second-order valence-corrected chi connectivity index (χ2v) is 1.51. The van der Waals surface area contributed by atoms with Crippen molar-refractivity contribution in [3.8, 4) is 5.75 Å². The standard InChI is InChI=1S/C5H3F3O2/c6-5(7,8)10-4-1-2-9-3-4/h1-3H. The van der Waals surface area contributed by atoms with Crippen LogP contribution >= 0.6 is 0 Å². The van der Waals surface area contributed by atoms with Crippen molar-refractivity contribution < 1.29 is 22.3 Å². The van der Waals surface area contributed by atoms with Crippen LogP contribution in [0.15, 0.2) is 23.0 Å². The molecule has 0 aliphatic carbocycles. The highest BCUT2D eigenvalue weighted by atomic mass is 19.4. The van der Waals surface area contributed by atoms with Gasteiger partial charge in [0, 0.05) is 6.07 Å². The van der Waals surface area contributed by atoms with Gasteiger partial charge in [-0.25, -0.2) is 0 Å². The zero-order valence-electron chi connectivity index (χ0n) is 4.68. The molecular formula is C5H3F3O2. The maximum Gasteiger partial charge on any atom is 0.573 e. The van der Waals surface area contributed by atoms with Crippen LogP contribution in [0.3, 0.4) is 0 Å². The highest BCUT2D eigenvalue weighted by Gasteiger charge is 2.31. The Hall–Kier alpha value is -1.13. The summed E-state index contributed by atoms with van der Waals surface area (Å²) in [5.74, 6) is -0.340. The Morgan fingerprint density at radius 3 is 2.50 bits per heavy atom. The lowest BCUT2D eigenvalue weighted by atomic mass is 10.6. The molecule has 0 N–H and O–H groups in total. The predicted molar refractivity (Wildman–Crippen MR) is 25.4 cm³/mol. The van der Waals surface area contributed by atoms with Crippen molar-refractivity contribution in [1.29, 1.82) is 0 Å². The summed E-state index contributed by atoms with van der Waals surface area (Å²) in [5, 5.41) is 0. The molecule has 1 heterocycles. The average Bonchev–Trinajstić information content (AvgIpc) is 2.12. The van der Waals surface area contributed by atoms with E-state index in [0.29, 0.717) is 0 Å². The summed E-state index contributed by atoms with van der Waals surface area (Å²) in [6, 6.07) is 1.08. The quantitative estimate of drug-likeness (QED) is 0.615. The van der Waals surface area contributed by atoms with Crippen LogP contribution in [0.1, 0.15) is 0 Å². The topological polar surface area (TPSA) is 22.4 Å². The van der Waals surface area contributed by atoms with Gasteiger partial charge in [-0.15, -0.1) is 13.2 Å². The van der Waals surface area contributed by atoms with Gasteiger partial charge in [-0.2, -0.15) is 0 Å². The monoisotopic (exact) mass is 152 g/mol. The Bertz CT molecular complexity index is 189. The van der Waals surface area contributed by atoms with Gasteiger partial charge in [0.05, 0.1) is 6.26 Å². The third-order valence-corrected chi connectivity index (χ3v) is 0.729. The van der Waals surface area contributed by atoms with Gasteiger partial charge in [0.15, 0.2) is 5.75 Å². The normalized spacial score (nSPS) is 11.5. The molecule has 0 bridgehead atoms. The second kappa shape index (κ2) is 2.24. The summed E-state index contributed by atoms with van der Waals surface area (Å²) < 4.78 is 41.8. The lowest BCUT2D eigenvalue weighted by molar-refractivity contribution is -0.274. The minimum Gasteiger partial charge on any atom is -0.469 e. The van der Waals surface area contributed by atoms with Gasteiger partial charge >= 0.3 is 6.36 Å². The van der Waals surface area contributed by atoms with E-state index < -0.39 is 6.36 Å². The van der Waals surface area contributed by atoms with Gasteiger partial charge in [0.2, 0.25) is 0 Å². The van der Waals surface area contributed by atoms with Crippen LogP contribution in [0.5, 0.6) is 5.75 Å². The molecule has 0 aromatic carbocycles. The van der Waals surface area contributed by atoms with Gasteiger partial charge in [0.1, 0.15) is 6.26 Å². The minimum atomic E-state index is -4.64. The zero-order chi connectivity index (χ0) is 7.61. The molecule has 0 aliphatic heterocycles. The summed E-state index contributed by atoms with van der Waals surface area (Å²) in [6.07, 6.45) is -2.67. The summed E-state index contributed by atoms with van der Waals surface area (Å²) >= 11 is 0. The molecule has 1 aromatic rings. The van der Waals surface area contributed by atoms with E-state index in [4.69, 9.17) is 0 Å². The number of ether oxygens (including phenoxy) is 1. The molecule has 0 fully saturated rings. The van der Waals surface area contributed by atoms with E-state index in [1.165, 1.54) is 0 Å². The van der Waals surface area contributed by atoms with E-state index in [1.54, 1.807) is 0 Å². The molecule has 0 spiro atoms. The molecule has 0 aliphatic rings. The largest absolute Gasteiger partial charge is 0.573 e. The molecule has 5 heteroatoms. The first-order valence-corrected chi connectivity index (χ1v) is 2.36. The van der Waals surface area contributed by atoms with Crippen LogP contribution in [0.25, 0.3) is 0 Å². The molecule has 0 saturated heterocycles. The van der Waals surface area contributed by atoms with E-state index in [9.17, 15) is 13.2 Å². The first-order valence-electron chi connectivity index (χ1n) is 2.36. The molecule has 0 atom stereocenters. The molecule has 1 aromatic heterocycles. The Morgan fingerprint density at radius 1 is 1.40 bits per heavy atom. The summed E-state index contributed by atoms with van der Waals surface area (Å²) in [7, 11) is 0. The zero-order valence-corrected chi connectivity index (χ0v) is 4.68. The van der Waals surface area contributed by atoms with Crippen molar-refractivity contribution in [1.82, 2.24) is 0 Å². The van der Waals surface area contributed by atoms with E-state index in [1.807, 2.05) is 0 Å². The predicted octanol–water partition coefficient (Wildman–Crippen LogP) is 2.18. The summed E-state index contributed by atoms with van der Waals surface area (Å²) in [5.41, 5.74) is 0. The third-order valence-electron chi connectivity index (χ3n) is 0.729.